The minimum absolute atomic E-state index is 0.286. The van der Waals surface area contributed by atoms with E-state index in [9.17, 15) is 4.79 Å². The van der Waals surface area contributed by atoms with E-state index < -0.39 is 5.91 Å². The van der Waals surface area contributed by atoms with Crippen molar-refractivity contribution in [3.8, 4) is 0 Å². The van der Waals surface area contributed by atoms with Gasteiger partial charge in [-0.1, -0.05) is 0 Å². The average Bonchev–Trinajstić information content (AvgIpc) is 2.14. The fourth-order valence-corrected chi connectivity index (χ4v) is 0.653. The number of rotatable bonds is 1. The second kappa shape index (κ2) is 2.02. The van der Waals surface area contributed by atoms with Gasteiger partial charge in [-0.3, -0.25) is 4.79 Å². The molecule has 0 spiro atoms. The number of nitrogens with zero attached hydrogens (tertiary/aromatic N) is 2. The summed E-state index contributed by atoms with van der Waals surface area (Å²) in [5, 5.41) is 0. The molecule has 0 saturated carbocycles. The van der Waals surface area contributed by atoms with Crippen molar-refractivity contribution in [3.63, 3.8) is 0 Å². The summed E-state index contributed by atoms with van der Waals surface area (Å²) in [4.78, 5) is 14.2. The van der Waals surface area contributed by atoms with Gasteiger partial charge < -0.3 is 16.0 Å². The Labute approximate surface area is 57.6 Å². The topological polar surface area (TPSA) is 86.9 Å². The highest BCUT2D eigenvalue weighted by molar-refractivity contribution is 5.91. The molecular weight excluding hydrogens is 132 g/mol. The Hall–Kier alpha value is -1.52. The Morgan fingerprint density at radius 1 is 1.80 bits per heavy atom. The van der Waals surface area contributed by atoms with E-state index in [1.54, 1.807) is 7.05 Å². The van der Waals surface area contributed by atoms with Crippen LogP contribution in [0.1, 0.15) is 10.5 Å². The zero-order valence-corrected chi connectivity index (χ0v) is 5.53. The molecule has 1 heterocycles. The predicted octanol–water partition coefficient (Wildman–Crippen LogP) is -0.899. The number of imidazole rings is 1. The van der Waals surface area contributed by atoms with Crippen LogP contribution in [0.25, 0.3) is 0 Å². The first-order valence-corrected chi connectivity index (χ1v) is 2.70. The van der Waals surface area contributed by atoms with Gasteiger partial charge in [-0.15, -0.1) is 0 Å². The molecule has 5 heteroatoms. The number of primary amides is 1. The lowest BCUT2D eigenvalue weighted by Gasteiger charge is -1.96. The molecule has 0 radical (unpaired) electrons. The van der Waals surface area contributed by atoms with Crippen molar-refractivity contribution in [1.29, 1.82) is 0 Å². The molecule has 0 unspecified atom stereocenters. The number of hydrogen-bond acceptors (Lipinski definition) is 3. The quantitative estimate of drug-likeness (QED) is 0.530. The van der Waals surface area contributed by atoms with E-state index >= 15 is 0 Å². The largest absolute Gasteiger partial charge is 0.369 e. The summed E-state index contributed by atoms with van der Waals surface area (Å²) in [7, 11) is 1.63. The van der Waals surface area contributed by atoms with Gasteiger partial charge in [0.05, 0.1) is 6.20 Å². The monoisotopic (exact) mass is 140 g/mol. The lowest BCUT2D eigenvalue weighted by molar-refractivity contribution is 0.0992. The Balaban J connectivity index is 3.17. The minimum Gasteiger partial charge on any atom is -0.369 e. The van der Waals surface area contributed by atoms with Gasteiger partial charge in [-0.25, -0.2) is 4.98 Å². The summed E-state index contributed by atoms with van der Waals surface area (Å²) >= 11 is 0. The van der Waals surface area contributed by atoms with Gasteiger partial charge in [0.2, 0.25) is 0 Å². The van der Waals surface area contributed by atoms with Crippen LogP contribution in [-0.2, 0) is 7.05 Å². The molecule has 5 nitrogen and oxygen atoms in total. The number of carbonyl (C=O) groups excluding carboxylic acids is 1. The average molecular weight is 140 g/mol. The number of nitrogen functional groups attached to an aromatic ring is 1. The molecule has 0 fully saturated rings. The zero-order valence-electron chi connectivity index (χ0n) is 5.53. The predicted molar refractivity (Wildman–Crippen MR) is 36.1 cm³/mol. The van der Waals surface area contributed by atoms with Gasteiger partial charge in [0.1, 0.15) is 5.69 Å². The molecule has 0 aliphatic carbocycles. The number of hydrogen-bond donors (Lipinski definition) is 2. The van der Waals surface area contributed by atoms with Crippen LogP contribution >= 0.6 is 0 Å². The highest BCUT2D eigenvalue weighted by Crippen LogP contribution is 2.01. The normalized spacial score (nSPS) is 9.70. The summed E-state index contributed by atoms with van der Waals surface area (Å²) in [6, 6.07) is 0. The van der Waals surface area contributed by atoms with Crippen molar-refractivity contribution in [2.45, 2.75) is 0 Å². The second-order valence-corrected chi connectivity index (χ2v) is 1.92. The molecule has 0 aliphatic rings. The summed E-state index contributed by atoms with van der Waals surface area (Å²) in [6.45, 7) is 0. The van der Waals surface area contributed by atoms with Gasteiger partial charge in [0.15, 0.2) is 5.95 Å². The van der Waals surface area contributed by atoms with Crippen LogP contribution in [-0.4, -0.2) is 15.5 Å². The maximum atomic E-state index is 10.5. The van der Waals surface area contributed by atoms with Crippen LogP contribution in [0.15, 0.2) is 6.20 Å². The van der Waals surface area contributed by atoms with Crippen molar-refractivity contribution in [1.82, 2.24) is 9.55 Å². The molecule has 1 rings (SSSR count). The third-order valence-corrected chi connectivity index (χ3v) is 1.28. The van der Waals surface area contributed by atoms with E-state index in [1.807, 2.05) is 0 Å². The van der Waals surface area contributed by atoms with Crippen LogP contribution in [0, 0.1) is 0 Å². The third-order valence-electron chi connectivity index (χ3n) is 1.28. The fourth-order valence-electron chi connectivity index (χ4n) is 0.653. The van der Waals surface area contributed by atoms with E-state index in [0.29, 0.717) is 5.69 Å². The molecule has 4 N–H and O–H groups in total. The van der Waals surface area contributed by atoms with E-state index in [-0.39, 0.29) is 5.95 Å². The van der Waals surface area contributed by atoms with E-state index in [4.69, 9.17) is 11.5 Å². The Morgan fingerprint density at radius 2 is 2.40 bits per heavy atom. The smallest absolute Gasteiger partial charge is 0.267 e. The van der Waals surface area contributed by atoms with Crippen LogP contribution in [0.4, 0.5) is 5.95 Å². The molecule has 0 bridgehead atoms. The Bertz CT molecular complexity index is 265. The molecule has 0 aliphatic heterocycles. The molecule has 0 aromatic carbocycles. The Morgan fingerprint density at radius 3 is 2.60 bits per heavy atom. The lowest BCUT2D eigenvalue weighted by Crippen LogP contribution is -2.15. The zero-order chi connectivity index (χ0) is 7.72. The van der Waals surface area contributed by atoms with Crippen LogP contribution in [0.2, 0.25) is 0 Å². The SMILES string of the molecule is Cn1c(C(N)=O)cnc1N. The lowest BCUT2D eigenvalue weighted by atomic mass is 10.4. The number of amides is 1. The molecular formula is C5H8N4O. The Kier molecular flexibility index (Phi) is 1.33. The minimum atomic E-state index is -0.522. The number of aromatic nitrogens is 2. The third kappa shape index (κ3) is 0.812. The first-order valence-electron chi connectivity index (χ1n) is 2.70. The van der Waals surface area contributed by atoms with Gasteiger partial charge in [-0.2, -0.15) is 0 Å². The van der Waals surface area contributed by atoms with E-state index in [2.05, 4.69) is 4.98 Å². The van der Waals surface area contributed by atoms with Gasteiger partial charge in [0.25, 0.3) is 5.91 Å². The van der Waals surface area contributed by atoms with E-state index in [0.717, 1.165) is 0 Å². The van der Waals surface area contributed by atoms with Crippen molar-refractivity contribution in [2.75, 3.05) is 5.73 Å². The first-order chi connectivity index (χ1) is 4.63. The highest BCUT2D eigenvalue weighted by atomic mass is 16.1. The maximum Gasteiger partial charge on any atom is 0.267 e. The molecule has 0 saturated heterocycles. The van der Waals surface area contributed by atoms with Crippen LogP contribution < -0.4 is 11.5 Å². The van der Waals surface area contributed by atoms with Crippen LogP contribution in [0.5, 0.6) is 0 Å². The summed E-state index contributed by atoms with van der Waals surface area (Å²) in [5.41, 5.74) is 10.6. The molecule has 10 heavy (non-hydrogen) atoms. The highest BCUT2D eigenvalue weighted by Gasteiger charge is 2.06. The summed E-state index contributed by atoms with van der Waals surface area (Å²) in [5.74, 6) is -0.236. The summed E-state index contributed by atoms with van der Waals surface area (Å²) in [6.07, 6.45) is 1.34. The number of nitrogens with two attached hydrogens (primary N) is 2. The molecule has 0 atom stereocenters. The molecule has 1 aromatic heterocycles. The van der Waals surface area contributed by atoms with Crippen molar-refractivity contribution >= 4 is 11.9 Å². The first kappa shape index (κ1) is 6.60. The van der Waals surface area contributed by atoms with Crippen LogP contribution in [0.3, 0.4) is 0 Å². The molecule has 1 aromatic rings. The fraction of sp³-hybridized carbons (Fsp3) is 0.200. The standard InChI is InChI=1S/C5H8N4O/c1-9-3(4(6)10)2-8-5(9)7/h2H,1H3,(H2,6,10)(H2,7,8). The summed E-state index contributed by atoms with van der Waals surface area (Å²) < 4.78 is 1.43. The number of anilines is 1. The van der Waals surface area contributed by atoms with Crippen molar-refractivity contribution < 1.29 is 4.79 Å². The van der Waals surface area contributed by atoms with Crippen molar-refractivity contribution in [2.24, 2.45) is 12.8 Å². The van der Waals surface area contributed by atoms with Gasteiger partial charge in [-0.05, 0) is 0 Å². The van der Waals surface area contributed by atoms with Gasteiger partial charge >= 0.3 is 0 Å². The molecule has 54 valence electrons. The van der Waals surface area contributed by atoms with Gasteiger partial charge in [0, 0.05) is 7.05 Å². The molecule has 1 amide bonds. The second-order valence-electron chi connectivity index (χ2n) is 1.92. The number of carbonyl (C=O) groups is 1. The maximum absolute atomic E-state index is 10.5. The van der Waals surface area contributed by atoms with E-state index in [1.165, 1.54) is 10.8 Å². The van der Waals surface area contributed by atoms with Crippen molar-refractivity contribution in [3.05, 3.63) is 11.9 Å².